The molecule has 3 fully saturated rings. The van der Waals surface area contributed by atoms with Crippen molar-refractivity contribution in [2.75, 3.05) is 26.2 Å². The number of ether oxygens (including phenoxy) is 1. The molecule has 4 heterocycles. The molecule has 0 bridgehead atoms. The van der Waals surface area contributed by atoms with Gasteiger partial charge >= 0.3 is 0 Å². The second-order valence-electron chi connectivity index (χ2n) is 11.4. The fraction of sp³-hybridized carbons (Fsp3) is 0.516. The molecular weight excluding hydrogens is 492 g/mol. The van der Waals surface area contributed by atoms with Crippen molar-refractivity contribution in [3.63, 3.8) is 0 Å². The molecule has 206 valence electrons. The van der Waals surface area contributed by atoms with Gasteiger partial charge in [0.05, 0.1) is 6.54 Å². The largest absolute Gasteiger partial charge is 0.489 e. The van der Waals surface area contributed by atoms with Gasteiger partial charge in [-0.1, -0.05) is 36.8 Å². The van der Waals surface area contributed by atoms with Gasteiger partial charge < -0.3 is 14.5 Å². The van der Waals surface area contributed by atoms with E-state index in [1.54, 1.807) is 11.0 Å². The summed E-state index contributed by atoms with van der Waals surface area (Å²) in [5, 5.41) is 2.35. The lowest BCUT2D eigenvalue weighted by Gasteiger charge is -2.40. The highest BCUT2D eigenvalue weighted by Crippen LogP contribution is 2.34. The molecule has 1 N–H and O–H groups in total. The molecular formula is C31H38N4O4. The van der Waals surface area contributed by atoms with Crippen LogP contribution in [0.2, 0.25) is 0 Å². The highest BCUT2D eigenvalue weighted by molar-refractivity contribution is 6.05. The van der Waals surface area contributed by atoms with Crippen LogP contribution < -0.4 is 10.1 Å². The Bertz CT molecular complexity index is 1220. The number of nitrogens with one attached hydrogen (secondary N) is 1. The van der Waals surface area contributed by atoms with Gasteiger partial charge in [-0.3, -0.25) is 24.6 Å². The summed E-state index contributed by atoms with van der Waals surface area (Å²) in [7, 11) is 0. The van der Waals surface area contributed by atoms with E-state index in [2.05, 4.69) is 39.4 Å². The van der Waals surface area contributed by atoms with Crippen LogP contribution in [0.4, 0.5) is 0 Å². The van der Waals surface area contributed by atoms with Gasteiger partial charge in [0, 0.05) is 30.1 Å². The van der Waals surface area contributed by atoms with E-state index in [0.29, 0.717) is 30.9 Å². The molecule has 4 aliphatic heterocycles. The van der Waals surface area contributed by atoms with Crippen LogP contribution in [-0.2, 0) is 29.3 Å². The molecule has 0 aromatic heterocycles. The Morgan fingerprint density at radius 1 is 0.846 bits per heavy atom. The number of imide groups is 1. The van der Waals surface area contributed by atoms with Gasteiger partial charge in [-0.2, -0.15) is 0 Å². The van der Waals surface area contributed by atoms with Crippen molar-refractivity contribution in [2.45, 2.75) is 76.7 Å². The zero-order valence-corrected chi connectivity index (χ0v) is 22.6. The highest BCUT2D eigenvalue weighted by atomic mass is 16.5. The van der Waals surface area contributed by atoms with Crippen LogP contribution in [0.25, 0.3) is 0 Å². The fourth-order valence-corrected chi connectivity index (χ4v) is 6.58. The van der Waals surface area contributed by atoms with Crippen LogP contribution in [0.3, 0.4) is 0 Å². The quantitative estimate of drug-likeness (QED) is 0.552. The van der Waals surface area contributed by atoms with E-state index in [9.17, 15) is 14.4 Å². The number of benzene rings is 2. The summed E-state index contributed by atoms with van der Waals surface area (Å²) >= 11 is 0. The lowest BCUT2D eigenvalue weighted by Crippen LogP contribution is -2.52. The summed E-state index contributed by atoms with van der Waals surface area (Å²) in [5.41, 5.74) is 3.76. The van der Waals surface area contributed by atoms with E-state index < -0.39 is 11.9 Å². The number of likely N-dealkylation sites (tertiary alicyclic amines) is 2. The van der Waals surface area contributed by atoms with Gasteiger partial charge in [0.25, 0.3) is 5.91 Å². The maximum absolute atomic E-state index is 13.0. The monoisotopic (exact) mass is 530 g/mol. The summed E-state index contributed by atoms with van der Waals surface area (Å²) < 4.78 is 6.17. The molecule has 3 amide bonds. The topological polar surface area (TPSA) is 82.2 Å². The predicted molar refractivity (Wildman–Crippen MR) is 147 cm³/mol. The molecule has 3 saturated heterocycles. The van der Waals surface area contributed by atoms with Crippen LogP contribution in [0.1, 0.15) is 72.0 Å². The van der Waals surface area contributed by atoms with Crippen molar-refractivity contribution < 1.29 is 19.1 Å². The summed E-state index contributed by atoms with van der Waals surface area (Å²) in [6, 6.07) is 14.3. The molecule has 0 spiro atoms. The van der Waals surface area contributed by atoms with Crippen LogP contribution in [0, 0.1) is 0 Å². The summed E-state index contributed by atoms with van der Waals surface area (Å²) in [6.45, 7) is 6.61. The number of carbonyl (C=O) groups is 3. The lowest BCUT2D eigenvalue weighted by molar-refractivity contribution is -0.136. The van der Waals surface area contributed by atoms with Crippen molar-refractivity contribution in [2.24, 2.45) is 0 Å². The number of carbonyl (C=O) groups excluding carboxylic acids is 3. The third-order valence-corrected chi connectivity index (χ3v) is 8.83. The Kier molecular flexibility index (Phi) is 7.66. The fourth-order valence-electron chi connectivity index (χ4n) is 6.58. The van der Waals surface area contributed by atoms with Crippen LogP contribution in [0.5, 0.6) is 5.75 Å². The molecule has 0 aliphatic carbocycles. The van der Waals surface area contributed by atoms with Crippen LogP contribution in [0.15, 0.2) is 42.5 Å². The smallest absolute Gasteiger partial charge is 0.255 e. The first-order valence-corrected chi connectivity index (χ1v) is 14.5. The first kappa shape index (κ1) is 26.0. The number of piperidine rings is 3. The minimum absolute atomic E-state index is 0.186. The van der Waals surface area contributed by atoms with Gasteiger partial charge in [-0.25, -0.2) is 0 Å². The van der Waals surface area contributed by atoms with Crippen molar-refractivity contribution in [3.05, 3.63) is 64.7 Å². The van der Waals surface area contributed by atoms with Gasteiger partial charge in [0.2, 0.25) is 11.8 Å². The zero-order valence-electron chi connectivity index (χ0n) is 22.6. The average Bonchev–Trinajstić information content (AvgIpc) is 3.30. The number of hydrogen-bond donors (Lipinski definition) is 1. The lowest BCUT2D eigenvalue weighted by atomic mass is 9.99. The summed E-state index contributed by atoms with van der Waals surface area (Å²) in [5.74, 6) is -0.209. The van der Waals surface area contributed by atoms with E-state index in [-0.39, 0.29) is 18.2 Å². The molecule has 0 saturated carbocycles. The van der Waals surface area contributed by atoms with Crippen molar-refractivity contribution >= 4 is 17.7 Å². The summed E-state index contributed by atoms with van der Waals surface area (Å²) in [6.07, 6.45) is 7.26. The Morgan fingerprint density at radius 2 is 1.59 bits per heavy atom. The first-order chi connectivity index (χ1) is 19.0. The second kappa shape index (κ2) is 11.5. The van der Waals surface area contributed by atoms with E-state index in [0.717, 1.165) is 23.7 Å². The van der Waals surface area contributed by atoms with Crippen LogP contribution >= 0.6 is 0 Å². The zero-order chi connectivity index (χ0) is 26.8. The normalized spacial score (nSPS) is 23.1. The van der Waals surface area contributed by atoms with Gasteiger partial charge in [0.15, 0.2) is 0 Å². The van der Waals surface area contributed by atoms with Gasteiger partial charge in [0.1, 0.15) is 18.4 Å². The third-order valence-electron chi connectivity index (χ3n) is 8.83. The van der Waals surface area contributed by atoms with Crippen molar-refractivity contribution in [1.29, 1.82) is 0 Å². The summed E-state index contributed by atoms with van der Waals surface area (Å²) in [4.78, 5) is 43.8. The number of rotatable bonds is 7. The second-order valence-corrected chi connectivity index (χ2v) is 11.4. The van der Waals surface area contributed by atoms with Gasteiger partial charge in [-0.15, -0.1) is 0 Å². The number of hydrogen-bond acceptors (Lipinski definition) is 6. The number of nitrogens with zero attached hydrogens (tertiary/aromatic N) is 3. The highest BCUT2D eigenvalue weighted by Gasteiger charge is 2.40. The number of amides is 3. The molecule has 1 atom stereocenters. The molecule has 2 aromatic carbocycles. The van der Waals surface area contributed by atoms with Crippen molar-refractivity contribution in [1.82, 2.24) is 20.0 Å². The Hall–Kier alpha value is -3.23. The molecule has 2 aromatic rings. The maximum atomic E-state index is 13.0. The standard InChI is InChI=1S/C31H38N4O4/c36-29-12-11-27(30(37)32-29)35-20-26-25(31(35)38)5-4-6-28(26)39-21-23-9-7-22(8-10-23)19-33-17-13-24(14-18-33)34-15-2-1-3-16-34/h4-10,24,27H,1-3,11-21H2,(H,32,36,37). The molecule has 1 unspecified atom stereocenters. The molecule has 8 heteroatoms. The molecule has 39 heavy (non-hydrogen) atoms. The van der Waals surface area contributed by atoms with Gasteiger partial charge in [-0.05, 0) is 81.5 Å². The molecule has 0 radical (unpaired) electrons. The van der Waals surface area contributed by atoms with Crippen LogP contribution in [-0.4, -0.2) is 70.7 Å². The molecule has 6 rings (SSSR count). The Morgan fingerprint density at radius 3 is 2.33 bits per heavy atom. The maximum Gasteiger partial charge on any atom is 0.255 e. The number of fused-ring (bicyclic) bond motifs is 1. The Balaban J connectivity index is 1.02. The van der Waals surface area contributed by atoms with E-state index in [1.807, 2.05) is 12.1 Å². The molecule has 8 nitrogen and oxygen atoms in total. The predicted octanol–water partition coefficient (Wildman–Crippen LogP) is 3.48. The molecule has 4 aliphatic rings. The van der Waals surface area contributed by atoms with E-state index in [1.165, 1.54) is 63.8 Å². The van der Waals surface area contributed by atoms with E-state index in [4.69, 9.17) is 4.74 Å². The first-order valence-electron chi connectivity index (χ1n) is 14.5. The third kappa shape index (κ3) is 5.72. The Labute approximate surface area is 230 Å². The minimum Gasteiger partial charge on any atom is -0.489 e. The minimum atomic E-state index is -0.626. The SMILES string of the molecule is O=C1CCC(N2Cc3c(OCc4ccc(CN5CCC(N6CCCCC6)CC5)cc4)cccc3C2=O)C(=O)N1. The average molecular weight is 531 g/mol. The van der Waals surface area contributed by atoms with Crippen molar-refractivity contribution in [3.8, 4) is 5.75 Å². The van der Waals surface area contributed by atoms with E-state index >= 15 is 0 Å².